The average Bonchev–Trinajstić information content (AvgIpc) is 2.77. The molecule has 0 bridgehead atoms. The summed E-state index contributed by atoms with van der Waals surface area (Å²) in [6.45, 7) is 8.79. The molecular formula is C15H20FN3. The second-order valence-corrected chi connectivity index (χ2v) is 5.84. The Bertz CT molecular complexity index is 567. The number of benzene rings is 1. The predicted molar refractivity (Wildman–Crippen MR) is 75.3 cm³/mol. The standard InChI is InChI=1S/C15H20FN3/c1-10-5-6-11(7-13(10)16)14-12(9-18-19-14)8-17-15(2,3)4/h5-7,9,17H,8H2,1-4H3,(H,18,19). The zero-order valence-corrected chi connectivity index (χ0v) is 11.8. The molecule has 2 N–H and O–H groups in total. The van der Waals surface area contributed by atoms with Gasteiger partial charge in [-0.3, -0.25) is 5.10 Å². The van der Waals surface area contributed by atoms with Gasteiger partial charge in [0, 0.05) is 23.2 Å². The molecule has 0 amide bonds. The number of H-pyrrole nitrogens is 1. The minimum absolute atomic E-state index is 0.0348. The van der Waals surface area contributed by atoms with Crippen LogP contribution >= 0.6 is 0 Å². The van der Waals surface area contributed by atoms with E-state index in [1.165, 1.54) is 0 Å². The molecule has 0 atom stereocenters. The van der Waals surface area contributed by atoms with Crippen LogP contribution in [0.15, 0.2) is 24.4 Å². The number of nitrogens with zero attached hydrogens (tertiary/aromatic N) is 1. The maximum absolute atomic E-state index is 13.6. The number of rotatable bonds is 3. The van der Waals surface area contributed by atoms with Crippen LogP contribution < -0.4 is 5.32 Å². The number of nitrogens with one attached hydrogen (secondary N) is 2. The first kappa shape index (κ1) is 13.7. The van der Waals surface area contributed by atoms with E-state index in [-0.39, 0.29) is 11.4 Å². The smallest absolute Gasteiger partial charge is 0.126 e. The first-order chi connectivity index (χ1) is 8.87. The Kier molecular flexibility index (Phi) is 3.71. The fraction of sp³-hybridized carbons (Fsp3) is 0.400. The number of aryl methyl sites for hydroxylation is 1. The van der Waals surface area contributed by atoms with E-state index in [1.807, 2.05) is 6.07 Å². The van der Waals surface area contributed by atoms with Gasteiger partial charge in [-0.05, 0) is 39.3 Å². The first-order valence-corrected chi connectivity index (χ1v) is 6.40. The highest BCUT2D eigenvalue weighted by atomic mass is 19.1. The molecular weight excluding hydrogens is 241 g/mol. The van der Waals surface area contributed by atoms with Gasteiger partial charge in [0.1, 0.15) is 5.82 Å². The van der Waals surface area contributed by atoms with E-state index >= 15 is 0 Å². The molecule has 0 saturated heterocycles. The zero-order valence-electron chi connectivity index (χ0n) is 11.8. The van der Waals surface area contributed by atoms with Crippen LogP contribution in [0.1, 0.15) is 31.9 Å². The summed E-state index contributed by atoms with van der Waals surface area (Å²) >= 11 is 0. The molecule has 102 valence electrons. The maximum atomic E-state index is 13.6. The summed E-state index contributed by atoms with van der Waals surface area (Å²) in [5.74, 6) is -0.193. The molecule has 1 aromatic heterocycles. The van der Waals surface area contributed by atoms with Crippen molar-refractivity contribution in [2.24, 2.45) is 0 Å². The molecule has 1 aromatic carbocycles. The van der Waals surface area contributed by atoms with E-state index in [1.54, 1.807) is 25.3 Å². The summed E-state index contributed by atoms with van der Waals surface area (Å²) in [6.07, 6.45) is 1.78. The Balaban J connectivity index is 2.26. The van der Waals surface area contributed by atoms with Gasteiger partial charge in [0.15, 0.2) is 0 Å². The van der Waals surface area contributed by atoms with Crippen LogP contribution in [0.3, 0.4) is 0 Å². The molecule has 0 spiro atoms. The van der Waals surface area contributed by atoms with Gasteiger partial charge >= 0.3 is 0 Å². The predicted octanol–water partition coefficient (Wildman–Crippen LogP) is 3.41. The highest BCUT2D eigenvalue weighted by molar-refractivity contribution is 5.63. The Hall–Kier alpha value is -1.68. The monoisotopic (exact) mass is 261 g/mol. The molecule has 2 aromatic rings. The topological polar surface area (TPSA) is 40.7 Å². The van der Waals surface area contributed by atoms with Gasteiger partial charge in [-0.1, -0.05) is 12.1 Å². The molecule has 0 radical (unpaired) electrons. The molecule has 0 aliphatic carbocycles. The molecule has 2 rings (SSSR count). The normalized spacial score (nSPS) is 11.8. The first-order valence-electron chi connectivity index (χ1n) is 6.40. The van der Waals surface area contributed by atoms with E-state index in [0.717, 1.165) is 16.8 Å². The highest BCUT2D eigenvalue weighted by Crippen LogP contribution is 2.23. The summed E-state index contributed by atoms with van der Waals surface area (Å²) in [5.41, 5.74) is 3.42. The van der Waals surface area contributed by atoms with Crippen molar-refractivity contribution in [3.05, 3.63) is 41.3 Å². The van der Waals surface area contributed by atoms with Gasteiger partial charge in [0.2, 0.25) is 0 Å². The lowest BCUT2D eigenvalue weighted by Crippen LogP contribution is -2.35. The van der Waals surface area contributed by atoms with Crippen molar-refractivity contribution in [2.45, 2.75) is 39.8 Å². The SMILES string of the molecule is Cc1ccc(-c2[nH]ncc2CNC(C)(C)C)cc1F. The van der Waals surface area contributed by atoms with Crippen molar-refractivity contribution >= 4 is 0 Å². The van der Waals surface area contributed by atoms with Gasteiger partial charge in [-0.2, -0.15) is 5.10 Å². The molecule has 0 fully saturated rings. The molecule has 0 saturated carbocycles. The van der Waals surface area contributed by atoms with Crippen LogP contribution in [0.4, 0.5) is 4.39 Å². The average molecular weight is 261 g/mol. The second-order valence-electron chi connectivity index (χ2n) is 5.84. The molecule has 3 nitrogen and oxygen atoms in total. The third kappa shape index (κ3) is 3.41. The largest absolute Gasteiger partial charge is 0.308 e. The highest BCUT2D eigenvalue weighted by Gasteiger charge is 2.13. The number of hydrogen-bond donors (Lipinski definition) is 2. The summed E-state index contributed by atoms with van der Waals surface area (Å²) in [5, 5.41) is 10.4. The van der Waals surface area contributed by atoms with E-state index in [2.05, 4.69) is 36.3 Å². The summed E-state index contributed by atoms with van der Waals surface area (Å²) in [4.78, 5) is 0. The van der Waals surface area contributed by atoms with Gasteiger partial charge in [0.05, 0.1) is 11.9 Å². The minimum Gasteiger partial charge on any atom is -0.308 e. The van der Waals surface area contributed by atoms with E-state index in [4.69, 9.17) is 0 Å². The molecule has 0 aliphatic heterocycles. The molecule has 4 heteroatoms. The quantitative estimate of drug-likeness (QED) is 0.889. The summed E-state index contributed by atoms with van der Waals surface area (Å²) in [6, 6.07) is 5.24. The van der Waals surface area contributed by atoms with Crippen molar-refractivity contribution in [2.75, 3.05) is 0 Å². The maximum Gasteiger partial charge on any atom is 0.126 e. The minimum atomic E-state index is -0.193. The third-order valence-corrected chi connectivity index (χ3v) is 2.99. The molecule has 0 aliphatic rings. The second kappa shape index (κ2) is 5.13. The zero-order chi connectivity index (χ0) is 14.0. The Morgan fingerprint density at radius 2 is 2.05 bits per heavy atom. The third-order valence-electron chi connectivity index (χ3n) is 2.99. The van der Waals surface area contributed by atoms with Crippen molar-refractivity contribution in [3.63, 3.8) is 0 Å². The van der Waals surface area contributed by atoms with Crippen molar-refractivity contribution < 1.29 is 4.39 Å². The number of hydrogen-bond acceptors (Lipinski definition) is 2. The van der Waals surface area contributed by atoms with E-state index in [9.17, 15) is 4.39 Å². The van der Waals surface area contributed by atoms with Crippen molar-refractivity contribution in [1.82, 2.24) is 15.5 Å². The van der Waals surface area contributed by atoms with Crippen LogP contribution in [0.25, 0.3) is 11.3 Å². The number of aromatic nitrogens is 2. The number of halogens is 1. The Morgan fingerprint density at radius 1 is 1.32 bits per heavy atom. The lowest BCUT2D eigenvalue weighted by molar-refractivity contribution is 0.424. The molecule has 1 heterocycles. The van der Waals surface area contributed by atoms with Crippen LogP contribution in [-0.4, -0.2) is 15.7 Å². The van der Waals surface area contributed by atoms with Gasteiger partial charge in [0.25, 0.3) is 0 Å². The van der Waals surface area contributed by atoms with Crippen LogP contribution in [-0.2, 0) is 6.54 Å². The van der Waals surface area contributed by atoms with Gasteiger partial charge in [-0.25, -0.2) is 4.39 Å². The molecule has 0 unspecified atom stereocenters. The summed E-state index contributed by atoms with van der Waals surface area (Å²) in [7, 11) is 0. The lowest BCUT2D eigenvalue weighted by atomic mass is 10.0. The Morgan fingerprint density at radius 3 is 2.68 bits per heavy atom. The van der Waals surface area contributed by atoms with Crippen molar-refractivity contribution in [3.8, 4) is 11.3 Å². The van der Waals surface area contributed by atoms with Crippen LogP contribution in [0.5, 0.6) is 0 Å². The lowest BCUT2D eigenvalue weighted by Gasteiger charge is -2.20. The van der Waals surface area contributed by atoms with Crippen LogP contribution in [0, 0.1) is 12.7 Å². The van der Waals surface area contributed by atoms with Crippen molar-refractivity contribution in [1.29, 1.82) is 0 Å². The number of aromatic amines is 1. The summed E-state index contributed by atoms with van der Waals surface area (Å²) < 4.78 is 13.6. The Labute approximate surface area is 113 Å². The van der Waals surface area contributed by atoms with Crippen LogP contribution in [0.2, 0.25) is 0 Å². The van der Waals surface area contributed by atoms with Gasteiger partial charge < -0.3 is 5.32 Å². The fourth-order valence-electron chi connectivity index (χ4n) is 1.80. The molecule has 19 heavy (non-hydrogen) atoms. The fourth-order valence-corrected chi connectivity index (χ4v) is 1.80. The van der Waals surface area contributed by atoms with E-state index in [0.29, 0.717) is 12.1 Å². The van der Waals surface area contributed by atoms with Gasteiger partial charge in [-0.15, -0.1) is 0 Å². The van der Waals surface area contributed by atoms with E-state index < -0.39 is 0 Å².